The summed E-state index contributed by atoms with van der Waals surface area (Å²) in [5.74, 6) is 1.88. The standard InChI is InChI=1S/C17H23N/c1-2-18-12-14-11-13-7-3-4-8-15(13)17(18)10-6-5-9-16(14)17/h3-4,7-8,14,16H,2,5-6,9-12H2,1H3. The molecule has 0 spiro atoms. The van der Waals surface area contributed by atoms with Crippen LogP contribution in [0.15, 0.2) is 24.3 Å². The lowest BCUT2D eigenvalue weighted by Crippen LogP contribution is -2.48. The zero-order valence-electron chi connectivity index (χ0n) is 11.4. The molecule has 1 heterocycles. The Balaban J connectivity index is 1.92. The number of benzene rings is 1. The summed E-state index contributed by atoms with van der Waals surface area (Å²) < 4.78 is 0. The maximum atomic E-state index is 2.81. The molecule has 1 saturated carbocycles. The van der Waals surface area contributed by atoms with Crippen LogP contribution >= 0.6 is 0 Å². The van der Waals surface area contributed by atoms with Gasteiger partial charge in [0.15, 0.2) is 0 Å². The minimum absolute atomic E-state index is 0.423. The molecular formula is C17H23N. The first-order chi connectivity index (χ1) is 8.86. The highest BCUT2D eigenvalue weighted by Gasteiger charge is 2.57. The number of fused-ring (bicyclic) bond motifs is 1. The Morgan fingerprint density at radius 2 is 2.17 bits per heavy atom. The molecule has 1 saturated heterocycles. The van der Waals surface area contributed by atoms with E-state index in [-0.39, 0.29) is 0 Å². The Kier molecular flexibility index (Phi) is 2.35. The van der Waals surface area contributed by atoms with E-state index in [9.17, 15) is 0 Å². The molecule has 96 valence electrons. The Morgan fingerprint density at radius 1 is 1.28 bits per heavy atom. The van der Waals surface area contributed by atoms with Crippen molar-refractivity contribution < 1.29 is 0 Å². The summed E-state index contributed by atoms with van der Waals surface area (Å²) in [6.07, 6.45) is 7.09. The summed E-state index contributed by atoms with van der Waals surface area (Å²) in [5.41, 5.74) is 3.76. The summed E-state index contributed by atoms with van der Waals surface area (Å²) in [6.45, 7) is 4.92. The molecule has 2 fully saturated rings. The van der Waals surface area contributed by atoms with Gasteiger partial charge in [-0.15, -0.1) is 0 Å². The van der Waals surface area contributed by atoms with Gasteiger partial charge in [-0.1, -0.05) is 44.0 Å². The third-order valence-electron chi connectivity index (χ3n) is 5.87. The molecular weight excluding hydrogens is 218 g/mol. The van der Waals surface area contributed by atoms with Gasteiger partial charge in [0.2, 0.25) is 0 Å². The fourth-order valence-electron chi connectivity index (χ4n) is 5.30. The van der Waals surface area contributed by atoms with Crippen LogP contribution in [0.25, 0.3) is 0 Å². The van der Waals surface area contributed by atoms with E-state index in [0.29, 0.717) is 5.54 Å². The maximum Gasteiger partial charge on any atom is 0.0494 e. The van der Waals surface area contributed by atoms with Crippen molar-refractivity contribution in [1.29, 1.82) is 0 Å². The van der Waals surface area contributed by atoms with Gasteiger partial charge in [0.25, 0.3) is 0 Å². The highest BCUT2D eigenvalue weighted by molar-refractivity contribution is 5.40. The molecule has 3 unspecified atom stereocenters. The van der Waals surface area contributed by atoms with E-state index in [4.69, 9.17) is 0 Å². The fraction of sp³-hybridized carbons (Fsp3) is 0.647. The summed E-state index contributed by atoms with van der Waals surface area (Å²) in [5, 5.41) is 0. The number of nitrogens with zero attached hydrogens (tertiary/aromatic N) is 1. The van der Waals surface area contributed by atoms with Crippen LogP contribution in [0.4, 0.5) is 0 Å². The highest BCUT2D eigenvalue weighted by atomic mass is 15.2. The largest absolute Gasteiger partial charge is 0.293 e. The second-order valence-corrected chi connectivity index (χ2v) is 6.44. The van der Waals surface area contributed by atoms with Crippen molar-refractivity contribution in [3.05, 3.63) is 35.4 Å². The lowest BCUT2D eigenvalue weighted by Gasteiger charge is -2.49. The zero-order chi connectivity index (χ0) is 12.2. The number of hydrogen-bond donors (Lipinski definition) is 0. The second-order valence-electron chi connectivity index (χ2n) is 6.44. The monoisotopic (exact) mass is 241 g/mol. The van der Waals surface area contributed by atoms with Gasteiger partial charge in [-0.3, -0.25) is 4.90 Å². The molecule has 3 atom stereocenters. The predicted molar refractivity (Wildman–Crippen MR) is 74.5 cm³/mol. The molecule has 1 nitrogen and oxygen atoms in total. The van der Waals surface area contributed by atoms with Gasteiger partial charge in [0, 0.05) is 12.1 Å². The van der Waals surface area contributed by atoms with Gasteiger partial charge in [0.1, 0.15) is 0 Å². The number of likely N-dealkylation sites (tertiary alicyclic amines) is 1. The molecule has 2 aliphatic carbocycles. The lowest BCUT2D eigenvalue weighted by molar-refractivity contribution is 0.0543. The summed E-state index contributed by atoms with van der Waals surface area (Å²) in [4.78, 5) is 2.81. The van der Waals surface area contributed by atoms with Crippen LogP contribution in [0, 0.1) is 11.8 Å². The van der Waals surface area contributed by atoms with Crippen LogP contribution in [-0.4, -0.2) is 18.0 Å². The molecule has 4 rings (SSSR count). The molecule has 3 aliphatic rings. The highest BCUT2D eigenvalue weighted by Crippen LogP contribution is 2.58. The summed E-state index contributed by atoms with van der Waals surface area (Å²) >= 11 is 0. The molecule has 0 aromatic heterocycles. The van der Waals surface area contributed by atoms with Crippen LogP contribution in [0.2, 0.25) is 0 Å². The molecule has 0 amide bonds. The summed E-state index contributed by atoms with van der Waals surface area (Å²) in [6, 6.07) is 9.30. The van der Waals surface area contributed by atoms with E-state index in [1.807, 2.05) is 0 Å². The molecule has 2 bridgehead atoms. The molecule has 0 radical (unpaired) electrons. The van der Waals surface area contributed by atoms with E-state index in [2.05, 4.69) is 36.1 Å². The first-order valence-electron chi connectivity index (χ1n) is 7.69. The van der Waals surface area contributed by atoms with E-state index in [1.165, 1.54) is 45.2 Å². The molecule has 0 N–H and O–H groups in total. The SMILES string of the molecule is CCN1CC2Cc3ccccc3C13CCCCC23. The van der Waals surface area contributed by atoms with Crippen molar-refractivity contribution in [2.45, 2.75) is 44.6 Å². The van der Waals surface area contributed by atoms with Crippen LogP contribution in [0.3, 0.4) is 0 Å². The van der Waals surface area contributed by atoms with Gasteiger partial charge in [-0.05, 0) is 48.8 Å². The molecule has 1 heteroatoms. The van der Waals surface area contributed by atoms with Crippen molar-refractivity contribution in [3.63, 3.8) is 0 Å². The van der Waals surface area contributed by atoms with Gasteiger partial charge >= 0.3 is 0 Å². The van der Waals surface area contributed by atoms with Crippen molar-refractivity contribution in [2.24, 2.45) is 11.8 Å². The molecule has 18 heavy (non-hydrogen) atoms. The Hall–Kier alpha value is -0.820. The predicted octanol–water partition coefficient (Wildman–Crippen LogP) is 3.58. The Morgan fingerprint density at radius 3 is 3.06 bits per heavy atom. The van der Waals surface area contributed by atoms with Gasteiger partial charge in [-0.25, -0.2) is 0 Å². The van der Waals surface area contributed by atoms with E-state index < -0.39 is 0 Å². The maximum absolute atomic E-state index is 2.81. The lowest BCUT2D eigenvalue weighted by atomic mass is 9.61. The van der Waals surface area contributed by atoms with Gasteiger partial charge in [-0.2, -0.15) is 0 Å². The van der Waals surface area contributed by atoms with E-state index >= 15 is 0 Å². The average molecular weight is 241 g/mol. The van der Waals surface area contributed by atoms with Crippen molar-refractivity contribution >= 4 is 0 Å². The normalized spacial score (nSPS) is 38.3. The first-order valence-corrected chi connectivity index (χ1v) is 7.69. The van der Waals surface area contributed by atoms with Crippen LogP contribution in [0.1, 0.15) is 43.7 Å². The van der Waals surface area contributed by atoms with Crippen molar-refractivity contribution in [3.8, 4) is 0 Å². The average Bonchev–Trinajstić information content (AvgIpc) is 2.68. The van der Waals surface area contributed by atoms with Crippen molar-refractivity contribution in [2.75, 3.05) is 13.1 Å². The fourth-order valence-corrected chi connectivity index (χ4v) is 5.30. The smallest absolute Gasteiger partial charge is 0.0494 e. The van der Waals surface area contributed by atoms with Crippen molar-refractivity contribution in [1.82, 2.24) is 4.90 Å². The van der Waals surface area contributed by atoms with Crippen LogP contribution in [0.5, 0.6) is 0 Å². The third kappa shape index (κ3) is 1.21. The third-order valence-corrected chi connectivity index (χ3v) is 5.87. The second kappa shape index (κ2) is 3.84. The number of hydrogen-bond acceptors (Lipinski definition) is 1. The Labute approximate surface area is 110 Å². The van der Waals surface area contributed by atoms with Gasteiger partial charge in [0.05, 0.1) is 0 Å². The van der Waals surface area contributed by atoms with Crippen LogP contribution < -0.4 is 0 Å². The van der Waals surface area contributed by atoms with E-state index in [0.717, 1.165) is 11.8 Å². The first kappa shape index (κ1) is 11.0. The summed E-state index contributed by atoms with van der Waals surface area (Å²) in [7, 11) is 0. The van der Waals surface area contributed by atoms with Crippen LogP contribution in [-0.2, 0) is 12.0 Å². The molecule has 1 aromatic carbocycles. The molecule has 1 aromatic rings. The number of rotatable bonds is 1. The minimum atomic E-state index is 0.423. The Bertz CT molecular complexity index is 466. The zero-order valence-corrected chi connectivity index (χ0v) is 11.4. The topological polar surface area (TPSA) is 3.24 Å². The van der Waals surface area contributed by atoms with E-state index in [1.54, 1.807) is 11.1 Å². The van der Waals surface area contributed by atoms with Gasteiger partial charge < -0.3 is 0 Å². The molecule has 1 aliphatic heterocycles. The quantitative estimate of drug-likeness (QED) is 0.726. The minimum Gasteiger partial charge on any atom is -0.293 e.